The van der Waals surface area contributed by atoms with E-state index < -0.39 is 5.82 Å². The summed E-state index contributed by atoms with van der Waals surface area (Å²) in [6.07, 6.45) is 5.06. The fourth-order valence-electron chi connectivity index (χ4n) is 2.32. The van der Waals surface area contributed by atoms with Crippen LogP contribution in [-0.4, -0.2) is 28.3 Å². The van der Waals surface area contributed by atoms with Crippen LogP contribution < -0.4 is 10.6 Å². The number of carbonyl (C=O) groups excluding carboxylic acids is 1. The van der Waals surface area contributed by atoms with Crippen LogP contribution in [-0.2, 0) is 4.79 Å². The summed E-state index contributed by atoms with van der Waals surface area (Å²) in [5, 5.41) is 9.81. The van der Waals surface area contributed by atoms with E-state index in [1.54, 1.807) is 30.6 Å². The zero-order valence-electron chi connectivity index (χ0n) is 10.8. The molecule has 2 N–H and O–H groups in total. The van der Waals surface area contributed by atoms with Crippen molar-refractivity contribution in [3.63, 3.8) is 0 Å². The first kappa shape index (κ1) is 12.8. The van der Waals surface area contributed by atoms with Gasteiger partial charge < -0.3 is 10.6 Å². The van der Waals surface area contributed by atoms with Crippen LogP contribution >= 0.6 is 0 Å². The number of hydrogen-bond donors (Lipinski definition) is 2. The highest BCUT2D eigenvalue weighted by Crippen LogP contribution is 2.18. The van der Waals surface area contributed by atoms with Gasteiger partial charge in [0, 0.05) is 18.1 Å². The molecule has 6 heteroatoms. The van der Waals surface area contributed by atoms with Gasteiger partial charge in [-0.15, -0.1) is 0 Å². The third kappa shape index (κ3) is 2.55. The molecule has 0 radical (unpaired) electrons. The molecule has 2 heterocycles. The molecular weight excluding hydrogens is 259 g/mol. The maximum Gasteiger partial charge on any atom is 0.241 e. The number of nitrogens with one attached hydrogen (secondary N) is 2. The van der Waals surface area contributed by atoms with Gasteiger partial charge in [-0.05, 0) is 43.7 Å². The van der Waals surface area contributed by atoms with E-state index in [0.717, 1.165) is 19.4 Å². The number of nitrogens with zero attached hydrogens (tertiary/aromatic N) is 2. The summed E-state index contributed by atoms with van der Waals surface area (Å²) in [6, 6.07) is 6.13. The minimum Gasteiger partial charge on any atom is -0.325 e. The summed E-state index contributed by atoms with van der Waals surface area (Å²) in [4.78, 5) is 11.9. The van der Waals surface area contributed by atoms with E-state index in [1.807, 2.05) is 0 Å². The number of hydrogen-bond acceptors (Lipinski definition) is 3. The van der Waals surface area contributed by atoms with Crippen molar-refractivity contribution in [3.05, 3.63) is 42.5 Å². The Bertz CT molecular complexity index is 606. The fraction of sp³-hybridized carbons (Fsp3) is 0.286. The Morgan fingerprint density at radius 3 is 3.05 bits per heavy atom. The molecule has 1 saturated heterocycles. The Hall–Kier alpha value is -2.21. The third-order valence-corrected chi connectivity index (χ3v) is 3.34. The molecule has 1 aliphatic heterocycles. The number of benzene rings is 1. The topological polar surface area (TPSA) is 59.0 Å². The highest BCUT2D eigenvalue weighted by molar-refractivity contribution is 5.95. The number of anilines is 1. The molecule has 1 aromatic heterocycles. The number of carbonyl (C=O) groups is 1. The average Bonchev–Trinajstić information content (AvgIpc) is 3.12. The van der Waals surface area contributed by atoms with E-state index in [4.69, 9.17) is 0 Å². The summed E-state index contributed by atoms with van der Waals surface area (Å²) >= 11 is 0. The Kier molecular flexibility index (Phi) is 3.47. The molecule has 0 saturated carbocycles. The number of rotatable bonds is 3. The van der Waals surface area contributed by atoms with Gasteiger partial charge in [-0.3, -0.25) is 4.79 Å². The Labute approximate surface area is 115 Å². The lowest BCUT2D eigenvalue weighted by Gasteiger charge is -2.12. The molecule has 1 atom stereocenters. The van der Waals surface area contributed by atoms with Crippen LogP contribution in [0.25, 0.3) is 5.69 Å². The van der Waals surface area contributed by atoms with Crippen molar-refractivity contribution in [2.45, 2.75) is 18.9 Å². The fourth-order valence-corrected chi connectivity index (χ4v) is 2.32. The average molecular weight is 274 g/mol. The monoisotopic (exact) mass is 274 g/mol. The van der Waals surface area contributed by atoms with Gasteiger partial charge in [0.1, 0.15) is 5.69 Å². The molecule has 0 spiro atoms. The molecule has 1 unspecified atom stereocenters. The molecule has 20 heavy (non-hydrogen) atoms. The van der Waals surface area contributed by atoms with Crippen LogP contribution in [0.4, 0.5) is 10.1 Å². The van der Waals surface area contributed by atoms with Gasteiger partial charge in [-0.25, -0.2) is 9.07 Å². The smallest absolute Gasteiger partial charge is 0.241 e. The summed E-state index contributed by atoms with van der Waals surface area (Å²) in [6.45, 7) is 0.852. The standard InChI is InChI=1S/C14H15FN4O/c15-11-9-10(18-14(20)12-3-1-6-16-12)4-5-13(11)19-8-2-7-17-19/h2,4-5,7-9,12,16H,1,3,6H2,(H,18,20). The van der Waals surface area contributed by atoms with Crippen molar-refractivity contribution in [3.8, 4) is 5.69 Å². The summed E-state index contributed by atoms with van der Waals surface area (Å²) in [7, 11) is 0. The van der Waals surface area contributed by atoms with Crippen molar-refractivity contribution >= 4 is 11.6 Å². The van der Waals surface area contributed by atoms with Crippen molar-refractivity contribution in [1.82, 2.24) is 15.1 Å². The molecule has 104 valence electrons. The van der Waals surface area contributed by atoms with Gasteiger partial charge in [-0.2, -0.15) is 5.10 Å². The highest BCUT2D eigenvalue weighted by Gasteiger charge is 2.22. The van der Waals surface area contributed by atoms with Crippen LogP contribution in [0.2, 0.25) is 0 Å². The molecule has 1 aromatic carbocycles. The maximum absolute atomic E-state index is 14.0. The summed E-state index contributed by atoms with van der Waals surface area (Å²) in [5.41, 5.74) is 0.809. The Balaban J connectivity index is 1.75. The van der Waals surface area contributed by atoms with Gasteiger partial charge in [0.2, 0.25) is 5.91 Å². The lowest BCUT2D eigenvalue weighted by Crippen LogP contribution is -2.35. The first-order chi connectivity index (χ1) is 9.74. The van der Waals surface area contributed by atoms with Crippen molar-refractivity contribution < 1.29 is 9.18 Å². The van der Waals surface area contributed by atoms with E-state index in [0.29, 0.717) is 11.4 Å². The molecule has 5 nitrogen and oxygen atoms in total. The summed E-state index contributed by atoms with van der Waals surface area (Å²) < 4.78 is 15.5. The van der Waals surface area contributed by atoms with Crippen molar-refractivity contribution in [2.75, 3.05) is 11.9 Å². The van der Waals surface area contributed by atoms with Gasteiger partial charge >= 0.3 is 0 Å². The largest absolute Gasteiger partial charge is 0.325 e. The molecule has 1 aliphatic rings. The van der Waals surface area contributed by atoms with E-state index >= 15 is 0 Å². The van der Waals surface area contributed by atoms with E-state index in [-0.39, 0.29) is 11.9 Å². The minimum atomic E-state index is -0.425. The second-order valence-electron chi connectivity index (χ2n) is 4.76. The van der Waals surface area contributed by atoms with E-state index in [2.05, 4.69) is 15.7 Å². The maximum atomic E-state index is 14.0. The van der Waals surface area contributed by atoms with Crippen LogP contribution in [0.15, 0.2) is 36.7 Å². The predicted octanol–water partition coefficient (Wildman–Crippen LogP) is 1.70. The molecule has 1 fully saturated rings. The molecule has 2 aromatic rings. The molecule has 3 rings (SSSR count). The second kappa shape index (κ2) is 5.42. The summed E-state index contributed by atoms with van der Waals surface area (Å²) in [5.74, 6) is -0.542. The number of aromatic nitrogens is 2. The molecule has 0 bridgehead atoms. The predicted molar refractivity (Wildman–Crippen MR) is 73.2 cm³/mol. The van der Waals surface area contributed by atoms with Crippen LogP contribution in [0.1, 0.15) is 12.8 Å². The van der Waals surface area contributed by atoms with Gasteiger partial charge in [-0.1, -0.05) is 0 Å². The normalized spacial score (nSPS) is 18.1. The van der Waals surface area contributed by atoms with Crippen LogP contribution in [0, 0.1) is 5.82 Å². The number of amides is 1. The van der Waals surface area contributed by atoms with Gasteiger partial charge in [0.05, 0.1) is 6.04 Å². The number of halogens is 1. The molecular formula is C14H15FN4O. The SMILES string of the molecule is O=C(Nc1ccc(-n2cccn2)c(F)c1)C1CCCN1. The highest BCUT2D eigenvalue weighted by atomic mass is 19.1. The van der Waals surface area contributed by atoms with Gasteiger partial charge in [0.25, 0.3) is 0 Å². The van der Waals surface area contributed by atoms with E-state index in [1.165, 1.54) is 10.7 Å². The second-order valence-corrected chi connectivity index (χ2v) is 4.76. The minimum absolute atomic E-state index is 0.117. The Morgan fingerprint density at radius 1 is 1.50 bits per heavy atom. The van der Waals surface area contributed by atoms with Crippen molar-refractivity contribution in [2.24, 2.45) is 0 Å². The third-order valence-electron chi connectivity index (χ3n) is 3.34. The first-order valence-corrected chi connectivity index (χ1v) is 6.58. The first-order valence-electron chi connectivity index (χ1n) is 6.58. The van der Waals surface area contributed by atoms with Crippen LogP contribution in [0.3, 0.4) is 0 Å². The lowest BCUT2D eigenvalue weighted by molar-refractivity contribution is -0.117. The molecule has 1 amide bonds. The van der Waals surface area contributed by atoms with E-state index in [9.17, 15) is 9.18 Å². The quantitative estimate of drug-likeness (QED) is 0.895. The zero-order valence-corrected chi connectivity index (χ0v) is 10.8. The van der Waals surface area contributed by atoms with Gasteiger partial charge in [0.15, 0.2) is 5.82 Å². The Morgan fingerprint density at radius 2 is 2.40 bits per heavy atom. The van der Waals surface area contributed by atoms with Crippen LogP contribution in [0.5, 0.6) is 0 Å². The van der Waals surface area contributed by atoms with Crippen molar-refractivity contribution in [1.29, 1.82) is 0 Å². The molecule has 0 aliphatic carbocycles. The lowest BCUT2D eigenvalue weighted by atomic mass is 10.2. The zero-order chi connectivity index (χ0) is 13.9.